The molecule has 0 spiro atoms. The summed E-state index contributed by atoms with van der Waals surface area (Å²) in [5.41, 5.74) is 10.0. The Morgan fingerprint density at radius 1 is 1.29 bits per heavy atom. The molecule has 2 unspecified atom stereocenters. The Kier molecular flexibility index (Phi) is 6.02. The van der Waals surface area contributed by atoms with Crippen LogP contribution >= 0.6 is 12.4 Å². The summed E-state index contributed by atoms with van der Waals surface area (Å²) in [5.74, 6) is 0.180. The molecule has 24 heavy (non-hydrogen) atoms. The van der Waals surface area contributed by atoms with Crippen molar-refractivity contribution in [1.82, 2.24) is 15.1 Å². The summed E-state index contributed by atoms with van der Waals surface area (Å²) >= 11 is 0. The first kappa shape index (κ1) is 18.5. The van der Waals surface area contributed by atoms with Crippen LogP contribution in [0.4, 0.5) is 0 Å². The van der Waals surface area contributed by atoms with Crippen LogP contribution in [0.25, 0.3) is 5.69 Å². The summed E-state index contributed by atoms with van der Waals surface area (Å²) in [4.78, 5) is 12.3. The third-order valence-electron chi connectivity index (χ3n) is 4.73. The second-order valence-corrected chi connectivity index (χ2v) is 6.38. The molecular weight excluding hydrogens is 324 g/mol. The average molecular weight is 349 g/mol. The molecule has 0 bridgehead atoms. The van der Waals surface area contributed by atoms with Crippen LogP contribution in [0, 0.1) is 19.8 Å². The number of amides is 1. The minimum Gasteiger partial charge on any atom is -0.352 e. The molecule has 1 aromatic heterocycles. The zero-order chi connectivity index (χ0) is 16.4. The summed E-state index contributed by atoms with van der Waals surface area (Å²) < 4.78 is 1.93. The van der Waals surface area contributed by atoms with Gasteiger partial charge in [-0.1, -0.05) is 18.2 Å². The van der Waals surface area contributed by atoms with Crippen molar-refractivity contribution in [1.29, 1.82) is 0 Å². The second-order valence-electron chi connectivity index (χ2n) is 6.38. The highest BCUT2D eigenvalue weighted by Crippen LogP contribution is 2.24. The van der Waals surface area contributed by atoms with E-state index < -0.39 is 0 Å². The van der Waals surface area contributed by atoms with E-state index in [4.69, 9.17) is 5.73 Å². The van der Waals surface area contributed by atoms with Gasteiger partial charge < -0.3 is 11.1 Å². The van der Waals surface area contributed by atoms with E-state index in [1.165, 1.54) is 0 Å². The van der Waals surface area contributed by atoms with Crippen molar-refractivity contribution >= 4 is 18.3 Å². The number of nitrogens with two attached hydrogens (primary N) is 1. The summed E-state index contributed by atoms with van der Waals surface area (Å²) in [6.07, 6.45) is 2.64. The fourth-order valence-corrected chi connectivity index (χ4v) is 3.33. The van der Waals surface area contributed by atoms with Crippen molar-refractivity contribution in [3.8, 4) is 5.69 Å². The lowest BCUT2D eigenvalue weighted by Gasteiger charge is -2.11. The first-order chi connectivity index (χ1) is 11.1. The van der Waals surface area contributed by atoms with Crippen molar-refractivity contribution < 1.29 is 4.79 Å². The molecular formula is C18H25ClN4O. The number of nitrogens with zero attached hydrogens (tertiary/aromatic N) is 2. The molecule has 6 heteroatoms. The largest absolute Gasteiger partial charge is 0.352 e. The molecule has 5 nitrogen and oxygen atoms in total. The van der Waals surface area contributed by atoms with Gasteiger partial charge in [-0.15, -0.1) is 12.4 Å². The van der Waals surface area contributed by atoms with Crippen LogP contribution in [0.2, 0.25) is 0 Å². The summed E-state index contributed by atoms with van der Waals surface area (Å²) in [7, 11) is 0. The number of benzene rings is 1. The number of aromatic nitrogens is 2. The number of hydrogen-bond acceptors (Lipinski definition) is 3. The maximum absolute atomic E-state index is 12.3. The summed E-state index contributed by atoms with van der Waals surface area (Å²) in [5, 5.41) is 7.67. The third kappa shape index (κ3) is 3.79. The van der Waals surface area contributed by atoms with Gasteiger partial charge in [0, 0.05) is 29.8 Å². The van der Waals surface area contributed by atoms with Crippen LogP contribution in [0.15, 0.2) is 30.3 Å². The van der Waals surface area contributed by atoms with Gasteiger partial charge in [0.15, 0.2) is 0 Å². The molecule has 1 heterocycles. The van der Waals surface area contributed by atoms with Crippen molar-refractivity contribution in [3.05, 3.63) is 47.3 Å². The smallest absolute Gasteiger partial charge is 0.223 e. The Morgan fingerprint density at radius 2 is 2.00 bits per heavy atom. The Hall–Kier alpha value is -1.85. The van der Waals surface area contributed by atoms with E-state index in [0.717, 1.165) is 41.9 Å². The molecule has 0 radical (unpaired) electrons. The van der Waals surface area contributed by atoms with Crippen LogP contribution in [-0.4, -0.2) is 21.7 Å². The lowest BCUT2D eigenvalue weighted by atomic mass is 10.1. The van der Waals surface area contributed by atoms with E-state index in [1.807, 2.05) is 48.9 Å². The molecule has 2 atom stereocenters. The monoisotopic (exact) mass is 348 g/mol. The quantitative estimate of drug-likeness (QED) is 0.892. The lowest BCUT2D eigenvalue weighted by molar-refractivity contribution is -0.125. The number of rotatable bonds is 4. The number of carbonyl (C=O) groups excluding carboxylic acids is 1. The number of carbonyl (C=O) groups is 1. The molecule has 1 amide bonds. The maximum atomic E-state index is 12.3. The molecule has 3 N–H and O–H groups in total. The molecule has 0 saturated heterocycles. The topological polar surface area (TPSA) is 72.9 Å². The van der Waals surface area contributed by atoms with E-state index in [1.54, 1.807) is 0 Å². The molecule has 1 aliphatic carbocycles. The van der Waals surface area contributed by atoms with Crippen molar-refractivity contribution in [2.45, 2.75) is 45.7 Å². The Labute approximate surface area is 149 Å². The standard InChI is InChI=1S/C18H24N4O.ClH/c1-12-17(11-20-18(23)14-8-9-15(19)10-14)13(2)22(21-12)16-6-4-3-5-7-16;/h3-7,14-15H,8-11,19H2,1-2H3,(H,20,23);1H. The predicted molar refractivity (Wildman–Crippen MR) is 97.4 cm³/mol. The molecule has 1 fully saturated rings. The molecule has 1 aromatic carbocycles. The Balaban J connectivity index is 0.00000208. The molecule has 130 valence electrons. The van der Waals surface area contributed by atoms with E-state index in [9.17, 15) is 4.79 Å². The summed E-state index contributed by atoms with van der Waals surface area (Å²) in [6, 6.07) is 10.2. The van der Waals surface area contributed by atoms with Gasteiger partial charge in [-0.2, -0.15) is 5.10 Å². The molecule has 3 rings (SSSR count). The molecule has 2 aromatic rings. The van der Waals surface area contributed by atoms with Gasteiger partial charge in [0.2, 0.25) is 5.91 Å². The van der Waals surface area contributed by atoms with Crippen LogP contribution < -0.4 is 11.1 Å². The minimum absolute atomic E-state index is 0. The zero-order valence-corrected chi connectivity index (χ0v) is 15.0. The number of para-hydroxylation sites is 1. The van der Waals surface area contributed by atoms with E-state index >= 15 is 0 Å². The third-order valence-corrected chi connectivity index (χ3v) is 4.73. The van der Waals surface area contributed by atoms with Crippen LogP contribution in [0.1, 0.15) is 36.2 Å². The van der Waals surface area contributed by atoms with Crippen LogP contribution in [-0.2, 0) is 11.3 Å². The van der Waals surface area contributed by atoms with Crippen molar-refractivity contribution in [2.24, 2.45) is 11.7 Å². The van der Waals surface area contributed by atoms with Gasteiger partial charge >= 0.3 is 0 Å². The van der Waals surface area contributed by atoms with Gasteiger partial charge in [0.1, 0.15) is 0 Å². The highest BCUT2D eigenvalue weighted by molar-refractivity contribution is 5.85. The average Bonchev–Trinajstić information content (AvgIpc) is 3.10. The van der Waals surface area contributed by atoms with Gasteiger partial charge in [-0.3, -0.25) is 4.79 Å². The first-order valence-electron chi connectivity index (χ1n) is 8.20. The van der Waals surface area contributed by atoms with Gasteiger partial charge in [-0.25, -0.2) is 4.68 Å². The molecule has 1 aliphatic rings. The van der Waals surface area contributed by atoms with Gasteiger partial charge in [-0.05, 0) is 45.2 Å². The van der Waals surface area contributed by atoms with Crippen molar-refractivity contribution in [2.75, 3.05) is 0 Å². The SMILES string of the molecule is Cc1nn(-c2ccccc2)c(C)c1CNC(=O)C1CCC(N)C1.Cl. The second kappa shape index (κ2) is 7.81. The summed E-state index contributed by atoms with van der Waals surface area (Å²) in [6.45, 7) is 4.55. The van der Waals surface area contributed by atoms with E-state index in [0.29, 0.717) is 6.54 Å². The van der Waals surface area contributed by atoms with E-state index in [2.05, 4.69) is 10.4 Å². The van der Waals surface area contributed by atoms with Crippen molar-refractivity contribution in [3.63, 3.8) is 0 Å². The van der Waals surface area contributed by atoms with E-state index in [-0.39, 0.29) is 30.3 Å². The number of halogens is 1. The number of hydrogen-bond donors (Lipinski definition) is 2. The Bertz CT molecular complexity index is 699. The maximum Gasteiger partial charge on any atom is 0.223 e. The fraction of sp³-hybridized carbons (Fsp3) is 0.444. The highest BCUT2D eigenvalue weighted by Gasteiger charge is 2.27. The first-order valence-corrected chi connectivity index (χ1v) is 8.20. The normalized spacial score (nSPS) is 19.8. The predicted octanol–water partition coefficient (Wildman–Crippen LogP) is 2.65. The number of nitrogens with one attached hydrogen (secondary N) is 1. The van der Waals surface area contributed by atoms with Crippen LogP contribution in [0.3, 0.4) is 0 Å². The number of aryl methyl sites for hydroxylation is 1. The molecule has 0 aliphatic heterocycles. The van der Waals surface area contributed by atoms with Gasteiger partial charge in [0.05, 0.1) is 11.4 Å². The molecule has 1 saturated carbocycles. The Morgan fingerprint density at radius 3 is 2.62 bits per heavy atom. The zero-order valence-electron chi connectivity index (χ0n) is 14.2. The minimum atomic E-state index is 0. The lowest BCUT2D eigenvalue weighted by Crippen LogP contribution is -2.30. The van der Waals surface area contributed by atoms with Gasteiger partial charge in [0.25, 0.3) is 0 Å². The van der Waals surface area contributed by atoms with Crippen LogP contribution in [0.5, 0.6) is 0 Å². The highest BCUT2D eigenvalue weighted by atomic mass is 35.5. The fourth-order valence-electron chi connectivity index (χ4n) is 3.33.